The van der Waals surface area contributed by atoms with Crippen molar-refractivity contribution in [2.75, 3.05) is 25.7 Å². The number of hydrogen-bond donors (Lipinski definition) is 0. The standard InChI is InChI=1S/C13H19NO2/c1-10(9-16-4)14(3)13-8-6-5-7-12(13)11(2)15/h5-8,10H,9H2,1-4H3. The molecular formula is C13H19NO2. The molecule has 1 atom stereocenters. The van der Waals surface area contributed by atoms with Gasteiger partial charge in [-0.2, -0.15) is 0 Å². The monoisotopic (exact) mass is 221 g/mol. The fourth-order valence-electron chi connectivity index (χ4n) is 1.67. The Hall–Kier alpha value is -1.35. The first kappa shape index (κ1) is 12.7. The predicted octanol–water partition coefficient (Wildman–Crippen LogP) is 2.36. The van der Waals surface area contributed by atoms with Gasteiger partial charge in [0.2, 0.25) is 0 Å². The van der Waals surface area contributed by atoms with Crippen LogP contribution in [0.25, 0.3) is 0 Å². The molecular weight excluding hydrogens is 202 g/mol. The molecule has 1 aromatic carbocycles. The maximum absolute atomic E-state index is 11.5. The van der Waals surface area contributed by atoms with Crippen LogP contribution in [0, 0.1) is 0 Å². The third-order valence-corrected chi connectivity index (χ3v) is 2.73. The van der Waals surface area contributed by atoms with Crippen molar-refractivity contribution in [1.82, 2.24) is 0 Å². The van der Waals surface area contributed by atoms with Crippen LogP contribution in [-0.4, -0.2) is 32.6 Å². The van der Waals surface area contributed by atoms with E-state index in [-0.39, 0.29) is 11.8 Å². The summed E-state index contributed by atoms with van der Waals surface area (Å²) in [5.74, 6) is 0.0899. The maximum Gasteiger partial charge on any atom is 0.161 e. The normalized spacial score (nSPS) is 12.2. The van der Waals surface area contributed by atoms with E-state index in [1.165, 1.54) is 0 Å². The summed E-state index contributed by atoms with van der Waals surface area (Å²) in [6, 6.07) is 7.88. The molecule has 0 amide bonds. The number of hydrogen-bond acceptors (Lipinski definition) is 3. The highest BCUT2D eigenvalue weighted by atomic mass is 16.5. The fourth-order valence-corrected chi connectivity index (χ4v) is 1.67. The molecule has 0 aliphatic heterocycles. The number of methoxy groups -OCH3 is 1. The molecule has 0 bridgehead atoms. The van der Waals surface area contributed by atoms with E-state index in [1.54, 1.807) is 14.0 Å². The molecule has 0 aromatic heterocycles. The van der Waals surface area contributed by atoms with Crippen LogP contribution in [-0.2, 0) is 4.74 Å². The van der Waals surface area contributed by atoms with Crippen LogP contribution < -0.4 is 4.90 Å². The average Bonchev–Trinajstić information content (AvgIpc) is 2.28. The SMILES string of the molecule is COCC(C)N(C)c1ccccc1C(C)=O. The van der Waals surface area contributed by atoms with Crippen LogP contribution >= 0.6 is 0 Å². The Bertz CT molecular complexity index is 363. The molecule has 1 unspecified atom stereocenters. The summed E-state index contributed by atoms with van der Waals surface area (Å²) >= 11 is 0. The molecule has 0 fully saturated rings. The van der Waals surface area contributed by atoms with E-state index < -0.39 is 0 Å². The third-order valence-electron chi connectivity index (χ3n) is 2.73. The first-order valence-corrected chi connectivity index (χ1v) is 5.39. The quantitative estimate of drug-likeness (QED) is 0.715. The second-order valence-electron chi connectivity index (χ2n) is 3.99. The molecule has 3 nitrogen and oxygen atoms in total. The number of rotatable bonds is 5. The highest BCUT2D eigenvalue weighted by molar-refractivity contribution is 5.99. The number of para-hydroxylation sites is 1. The van der Waals surface area contributed by atoms with Crippen LogP contribution in [0.3, 0.4) is 0 Å². The van der Waals surface area contributed by atoms with Crippen LogP contribution in [0.5, 0.6) is 0 Å². The molecule has 0 radical (unpaired) electrons. The van der Waals surface area contributed by atoms with Crippen LogP contribution in [0.1, 0.15) is 24.2 Å². The summed E-state index contributed by atoms with van der Waals surface area (Å²) in [4.78, 5) is 13.6. The van der Waals surface area contributed by atoms with E-state index in [0.29, 0.717) is 6.61 Å². The number of carbonyl (C=O) groups excluding carboxylic acids is 1. The number of benzene rings is 1. The Kier molecular flexibility index (Phi) is 4.50. The Labute approximate surface area is 97.0 Å². The van der Waals surface area contributed by atoms with Crippen molar-refractivity contribution in [3.05, 3.63) is 29.8 Å². The minimum absolute atomic E-state index is 0.0899. The van der Waals surface area contributed by atoms with Gasteiger partial charge in [0.05, 0.1) is 6.61 Å². The van der Waals surface area contributed by atoms with Crippen LogP contribution in [0.4, 0.5) is 5.69 Å². The van der Waals surface area contributed by atoms with E-state index in [2.05, 4.69) is 11.8 Å². The maximum atomic E-state index is 11.5. The number of likely N-dealkylation sites (N-methyl/N-ethyl adjacent to an activating group) is 1. The van der Waals surface area contributed by atoms with Gasteiger partial charge < -0.3 is 9.64 Å². The summed E-state index contributed by atoms with van der Waals surface area (Å²) in [6.45, 7) is 4.30. The smallest absolute Gasteiger partial charge is 0.161 e. The lowest BCUT2D eigenvalue weighted by Gasteiger charge is -2.28. The van der Waals surface area contributed by atoms with Gasteiger partial charge in [-0.25, -0.2) is 0 Å². The summed E-state index contributed by atoms with van der Waals surface area (Å²) in [5.41, 5.74) is 1.72. The van der Waals surface area contributed by atoms with Gasteiger partial charge in [0.25, 0.3) is 0 Å². The topological polar surface area (TPSA) is 29.5 Å². The van der Waals surface area contributed by atoms with Crippen LogP contribution in [0.2, 0.25) is 0 Å². The summed E-state index contributed by atoms with van der Waals surface area (Å²) in [5, 5.41) is 0. The van der Waals surface area contributed by atoms with Gasteiger partial charge >= 0.3 is 0 Å². The lowest BCUT2D eigenvalue weighted by Crippen LogP contribution is -2.33. The first-order valence-electron chi connectivity index (χ1n) is 5.39. The van der Waals surface area contributed by atoms with E-state index in [1.807, 2.05) is 31.3 Å². The van der Waals surface area contributed by atoms with Crippen LogP contribution in [0.15, 0.2) is 24.3 Å². The number of carbonyl (C=O) groups is 1. The van der Waals surface area contributed by atoms with Crippen molar-refractivity contribution in [3.63, 3.8) is 0 Å². The summed E-state index contributed by atoms with van der Waals surface area (Å²) in [6.07, 6.45) is 0. The Morgan fingerprint density at radius 1 is 1.44 bits per heavy atom. The molecule has 0 spiro atoms. The van der Waals surface area contributed by atoms with E-state index in [4.69, 9.17) is 4.74 Å². The van der Waals surface area contributed by atoms with Crippen molar-refractivity contribution in [2.24, 2.45) is 0 Å². The highest BCUT2D eigenvalue weighted by Gasteiger charge is 2.14. The molecule has 0 heterocycles. The zero-order chi connectivity index (χ0) is 12.1. The van der Waals surface area contributed by atoms with Gasteiger partial charge in [-0.1, -0.05) is 12.1 Å². The number of nitrogens with zero attached hydrogens (tertiary/aromatic N) is 1. The molecule has 0 saturated heterocycles. The largest absolute Gasteiger partial charge is 0.383 e. The minimum atomic E-state index is 0.0899. The van der Waals surface area contributed by atoms with Gasteiger partial charge in [0.1, 0.15) is 0 Å². The van der Waals surface area contributed by atoms with E-state index in [0.717, 1.165) is 11.3 Å². The number of ether oxygens (including phenoxy) is 1. The number of Topliss-reactive ketones (excluding diaryl/α,β-unsaturated/α-hetero) is 1. The average molecular weight is 221 g/mol. The molecule has 0 aliphatic rings. The molecule has 1 rings (SSSR count). The first-order chi connectivity index (χ1) is 7.57. The lowest BCUT2D eigenvalue weighted by molar-refractivity contribution is 0.101. The van der Waals surface area contributed by atoms with Crippen molar-refractivity contribution < 1.29 is 9.53 Å². The highest BCUT2D eigenvalue weighted by Crippen LogP contribution is 2.21. The number of ketones is 1. The second kappa shape index (κ2) is 5.66. The number of anilines is 1. The van der Waals surface area contributed by atoms with Gasteiger partial charge in [0.15, 0.2) is 5.78 Å². The Morgan fingerprint density at radius 2 is 2.06 bits per heavy atom. The van der Waals surface area contributed by atoms with E-state index >= 15 is 0 Å². The van der Waals surface area contributed by atoms with Gasteiger partial charge in [-0.05, 0) is 26.0 Å². The molecule has 88 valence electrons. The summed E-state index contributed by atoms with van der Waals surface area (Å²) in [7, 11) is 3.66. The van der Waals surface area contributed by atoms with E-state index in [9.17, 15) is 4.79 Å². The minimum Gasteiger partial charge on any atom is -0.383 e. The van der Waals surface area contributed by atoms with Crippen molar-refractivity contribution >= 4 is 11.5 Å². The molecule has 1 aromatic rings. The molecule has 0 N–H and O–H groups in total. The Balaban J connectivity index is 2.98. The predicted molar refractivity (Wildman–Crippen MR) is 66.2 cm³/mol. The molecule has 3 heteroatoms. The van der Waals surface area contributed by atoms with Crippen molar-refractivity contribution in [3.8, 4) is 0 Å². The lowest BCUT2D eigenvalue weighted by atomic mass is 10.1. The molecule has 0 saturated carbocycles. The second-order valence-corrected chi connectivity index (χ2v) is 3.99. The zero-order valence-electron chi connectivity index (χ0n) is 10.4. The third kappa shape index (κ3) is 2.83. The molecule has 16 heavy (non-hydrogen) atoms. The zero-order valence-corrected chi connectivity index (χ0v) is 10.4. The van der Waals surface area contributed by atoms with Crippen molar-refractivity contribution in [1.29, 1.82) is 0 Å². The van der Waals surface area contributed by atoms with Gasteiger partial charge in [-0.3, -0.25) is 4.79 Å². The van der Waals surface area contributed by atoms with Gasteiger partial charge in [0, 0.05) is 31.5 Å². The molecule has 0 aliphatic carbocycles. The summed E-state index contributed by atoms with van der Waals surface area (Å²) < 4.78 is 5.12. The van der Waals surface area contributed by atoms with Crippen molar-refractivity contribution in [2.45, 2.75) is 19.9 Å². The Morgan fingerprint density at radius 3 is 2.62 bits per heavy atom. The fraction of sp³-hybridized carbons (Fsp3) is 0.462. The van der Waals surface area contributed by atoms with Gasteiger partial charge in [-0.15, -0.1) is 0 Å².